The lowest BCUT2D eigenvalue weighted by Gasteiger charge is -2.21. The molecule has 2 saturated carbocycles. The van der Waals surface area contributed by atoms with E-state index in [2.05, 4.69) is 5.32 Å². The number of fused-ring (bicyclic) bond motifs is 1. The molecule has 1 aromatic carbocycles. The van der Waals surface area contributed by atoms with E-state index >= 15 is 0 Å². The fraction of sp³-hybridized carbons (Fsp3) is 0.619. The van der Waals surface area contributed by atoms with Crippen LogP contribution < -0.4 is 11.1 Å². The zero-order valence-corrected chi connectivity index (χ0v) is 16.5. The quantitative estimate of drug-likeness (QED) is 0.828. The Balaban J connectivity index is 0.00000210. The van der Waals surface area contributed by atoms with Crippen LogP contribution in [0.4, 0.5) is 5.69 Å². The summed E-state index contributed by atoms with van der Waals surface area (Å²) in [5, 5.41) is 3.01. The van der Waals surface area contributed by atoms with Crippen LogP contribution in [0.2, 0.25) is 0 Å². The lowest BCUT2D eigenvalue weighted by Crippen LogP contribution is -2.33. The molecule has 0 bridgehead atoms. The van der Waals surface area contributed by atoms with Crippen LogP contribution in [0.5, 0.6) is 0 Å². The number of amides is 2. The molecule has 4 rings (SSSR count). The molecule has 6 heteroatoms. The van der Waals surface area contributed by atoms with Gasteiger partial charge in [0.15, 0.2) is 0 Å². The number of benzene rings is 1. The van der Waals surface area contributed by atoms with Gasteiger partial charge in [-0.3, -0.25) is 9.59 Å². The molecule has 3 unspecified atom stereocenters. The number of rotatable bonds is 3. The van der Waals surface area contributed by atoms with Gasteiger partial charge in [-0.1, -0.05) is 25.3 Å². The summed E-state index contributed by atoms with van der Waals surface area (Å²) in [6.07, 6.45) is 7.66. The molecule has 1 heterocycles. The van der Waals surface area contributed by atoms with Crippen molar-refractivity contribution >= 4 is 29.9 Å². The van der Waals surface area contributed by atoms with Crippen LogP contribution in [0.1, 0.15) is 55.3 Å². The molecule has 1 aliphatic heterocycles. The number of hydrogen-bond acceptors (Lipinski definition) is 3. The lowest BCUT2D eigenvalue weighted by molar-refractivity contribution is -0.120. The van der Waals surface area contributed by atoms with E-state index in [1.165, 1.54) is 6.42 Å². The first-order valence-electron chi connectivity index (χ1n) is 10.1. The van der Waals surface area contributed by atoms with Gasteiger partial charge in [-0.25, -0.2) is 0 Å². The highest BCUT2D eigenvalue weighted by Crippen LogP contribution is 2.37. The zero-order valence-electron chi connectivity index (χ0n) is 15.7. The Hall–Kier alpha value is -1.59. The van der Waals surface area contributed by atoms with E-state index < -0.39 is 0 Å². The number of likely N-dealkylation sites (tertiary alicyclic amines) is 1. The monoisotopic (exact) mass is 391 g/mol. The van der Waals surface area contributed by atoms with Crippen molar-refractivity contribution in [1.82, 2.24) is 4.90 Å². The Morgan fingerprint density at radius 3 is 2.56 bits per heavy atom. The summed E-state index contributed by atoms with van der Waals surface area (Å²) in [4.78, 5) is 27.3. The first-order valence-corrected chi connectivity index (χ1v) is 10.1. The smallest absolute Gasteiger partial charge is 0.253 e. The molecule has 1 saturated heterocycles. The Morgan fingerprint density at radius 1 is 1.04 bits per heavy atom. The van der Waals surface area contributed by atoms with Gasteiger partial charge in [0, 0.05) is 36.3 Å². The Kier molecular flexibility index (Phi) is 6.43. The van der Waals surface area contributed by atoms with Crippen molar-refractivity contribution in [2.45, 2.75) is 51.0 Å². The molecular weight excluding hydrogens is 362 g/mol. The number of carbonyl (C=O) groups is 2. The predicted octanol–water partition coefficient (Wildman–Crippen LogP) is 3.44. The van der Waals surface area contributed by atoms with Crippen LogP contribution in [0, 0.1) is 17.8 Å². The van der Waals surface area contributed by atoms with Crippen molar-refractivity contribution in [2.75, 3.05) is 18.4 Å². The predicted molar refractivity (Wildman–Crippen MR) is 109 cm³/mol. The largest absolute Gasteiger partial charge is 0.338 e. The number of nitrogens with two attached hydrogens (primary N) is 1. The van der Waals surface area contributed by atoms with Crippen molar-refractivity contribution in [1.29, 1.82) is 0 Å². The lowest BCUT2D eigenvalue weighted by atomic mass is 9.88. The van der Waals surface area contributed by atoms with Crippen LogP contribution >= 0.6 is 12.4 Å². The second kappa shape index (κ2) is 8.61. The normalized spacial score (nSPS) is 27.7. The third-order valence-electron chi connectivity index (χ3n) is 6.55. The maximum absolute atomic E-state index is 12.9. The first-order chi connectivity index (χ1) is 12.6. The van der Waals surface area contributed by atoms with E-state index in [1.54, 1.807) is 0 Å². The molecule has 2 amide bonds. The average Bonchev–Trinajstić information content (AvgIpc) is 3.24. The molecule has 0 aromatic heterocycles. The molecule has 5 nitrogen and oxygen atoms in total. The molecule has 3 atom stereocenters. The van der Waals surface area contributed by atoms with Gasteiger partial charge in [-0.05, 0) is 55.7 Å². The zero-order chi connectivity index (χ0) is 18.1. The van der Waals surface area contributed by atoms with Crippen molar-refractivity contribution in [2.24, 2.45) is 23.5 Å². The summed E-state index contributed by atoms with van der Waals surface area (Å²) in [7, 11) is 0. The first kappa shape index (κ1) is 20.2. The van der Waals surface area contributed by atoms with Gasteiger partial charge in [0.1, 0.15) is 0 Å². The Labute approximate surface area is 167 Å². The van der Waals surface area contributed by atoms with Crippen LogP contribution in [0.25, 0.3) is 0 Å². The molecule has 148 valence electrons. The van der Waals surface area contributed by atoms with Crippen molar-refractivity contribution in [3.63, 3.8) is 0 Å². The van der Waals surface area contributed by atoms with Crippen molar-refractivity contribution in [3.8, 4) is 0 Å². The molecule has 2 aliphatic carbocycles. The molecule has 3 aliphatic rings. The summed E-state index contributed by atoms with van der Waals surface area (Å²) in [6, 6.07) is 7.61. The summed E-state index contributed by atoms with van der Waals surface area (Å²) >= 11 is 0. The highest BCUT2D eigenvalue weighted by Gasteiger charge is 2.42. The van der Waals surface area contributed by atoms with Crippen LogP contribution in [-0.2, 0) is 4.79 Å². The molecular formula is C21H30ClN3O2. The van der Waals surface area contributed by atoms with E-state index in [0.717, 1.165) is 57.3 Å². The molecule has 27 heavy (non-hydrogen) atoms. The standard InChI is InChI=1S/C21H29N3O2.ClH/c22-19-10-9-16-12-24(13-18(16)19)21(26)15-7-4-8-17(11-15)23-20(25)14-5-2-1-3-6-14;/h4,7-8,11,14,16,18-19H,1-3,5-6,9-10,12-13,22H2,(H,23,25);1H. The van der Waals surface area contributed by atoms with Gasteiger partial charge >= 0.3 is 0 Å². The maximum Gasteiger partial charge on any atom is 0.253 e. The Morgan fingerprint density at radius 2 is 1.81 bits per heavy atom. The SMILES string of the molecule is Cl.NC1CCC2CN(C(=O)c3cccc(NC(=O)C4CCCCC4)c3)CC12. The second-order valence-electron chi connectivity index (χ2n) is 8.28. The number of hydrogen-bond donors (Lipinski definition) is 2. The number of nitrogens with one attached hydrogen (secondary N) is 1. The molecule has 3 fully saturated rings. The van der Waals surface area contributed by atoms with E-state index in [0.29, 0.717) is 17.4 Å². The summed E-state index contributed by atoms with van der Waals surface area (Å²) in [5.41, 5.74) is 7.56. The highest BCUT2D eigenvalue weighted by molar-refractivity contribution is 5.97. The van der Waals surface area contributed by atoms with Crippen LogP contribution in [0.15, 0.2) is 24.3 Å². The van der Waals surface area contributed by atoms with Crippen molar-refractivity contribution in [3.05, 3.63) is 29.8 Å². The van der Waals surface area contributed by atoms with Gasteiger partial charge in [-0.2, -0.15) is 0 Å². The van der Waals surface area contributed by atoms with E-state index in [-0.39, 0.29) is 36.2 Å². The number of anilines is 1. The minimum absolute atomic E-state index is 0. The van der Waals surface area contributed by atoms with Gasteiger partial charge in [0.2, 0.25) is 5.91 Å². The molecule has 0 spiro atoms. The fourth-order valence-corrected chi connectivity index (χ4v) is 4.99. The van der Waals surface area contributed by atoms with Gasteiger partial charge in [0.25, 0.3) is 5.91 Å². The van der Waals surface area contributed by atoms with Crippen molar-refractivity contribution < 1.29 is 9.59 Å². The summed E-state index contributed by atoms with van der Waals surface area (Å²) in [5.74, 6) is 1.27. The minimum atomic E-state index is 0. The molecule has 3 N–H and O–H groups in total. The van der Waals surface area contributed by atoms with E-state index in [9.17, 15) is 9.59 Å². The summed E-state index contributed by atoms with van der Waals surface area (Å²) in [6.45, 7) is 1.58. The maximum atomic E-state index is 12.9. The molecule has 0 radical (unpaired) electrons. The Bertz CT molecular complexity index is 690. The molecule has 1 aromatic rings. The topological polar surface area (TPSA) is 75.4 Å². The number of nitrogens with zero attached hydrogens (tertiary/aromatic N) is 1. The average molecular weight is 392 g/mol. The van der Waals surface area contributed by atoms with E-state index in [1.807, 2.05) is 29.2 Å². The third-order valence-corrected chi connectivity index (χ3v) is 6.55. The summed E-state index contributed by atoms with van der Waals surface area (Å²) < 4.78 is 0. The number of halogens is 1. The van der Waals surface area contributed by atoms with E-state index in [4.69, 9.17) is 5.73 Å². The number of carbonyl (C=O) groups excluding carboxylic acids is 2. The fourth-order valence-electron chi connectivity index (χ4n) is 4.99. The third kappa shape index (κ3) is 4.30. The van der Waals surface area contributed by atoms with Gasteiger partial charge in [0.05, 0.1) is 0 Å². The highest BCUT2D eigenvalue weighted by atomic mass is 35.5. The van der Waals surface area contributed by atoms with Crippen LogP contribution in [-0.4, -0.2) is 35.8 Å². The van der Waals surface area contributed by atoms with Crippen LogP contribution in [0.3, 0.4) is 0 Å². The van der Waals surface area contributed by atoms with Gasteiger partial charge in [-0.15, -0.1) is 12.4 Å². The minimum Gasteiger partial charge on any atom is -0.338 e. The van der Waals surface area contributed by atoms with Gasteiger partial charge < -0.3 is 16.0 Å². The second-order valence-corrected chi connectivity index (χ2v) is 8.28.